The monoisotopic (exact) mass is 718 g/mol. The van der Waals surface area contributed by atoms with Crippen LogP contribution in [0.1, 0.15) is 28.5 Å². The molecule has 3 aliphatic heterocycles. The molecule has 0 fully saturated rings. The van der Waals surface area contributed by atoms with E-state index in [9.17, 15) is 22.6 Å². The van der Waals surface area contributed by atoms with Crippen molar-refractivity contribution in [2.45, 2.75) is 35.5 Å². The molecule has 3 aliphatic rings. The number of ether oxygens (including phenoxy) is 1. The molecule has 50 heavy (non-hydrogen) atoms. The van der Waals surface area contributed by atoms with Crippen molar-refractivity contribution in [3.8, 4) is 17.2 Å². The van der Waals surface area contributed by atoms with E-state index >= 15 is 0 Å². The van der Waals surface area contributed by atoms with Gasteiger partial charge in [0.2, 0.25) is 0 Å². The molecule has 0 amide bonds. The molecule has 0 bridgehead atoms. The first kappa shape index (κ1) is 33.2. The van der Waals surface area contributed by atoms with Gasteiger partial charge in [-0.3, -0.25) is 0 Å². The van der Waals surface area contributed by atoms with Crippen molar-refractivity contribution in [1.82, 2.24) is 0 Å². The maximum atomic E-state index is 14.6. The van der Waals surface area contributed by atoms with Crippen molar-refractivity contribution >= 4 is 61.1 Å². The first-order chi connectivity index (χ1) is 24.1. The third-order valence-corrected chi connectivity index (χ3v) is 9.67. The first-order valence-electron chi connectivity index (χ1n) is 15.3. The molecule has 7 nitrogen and oxygen atoms in total. The molecule has 250 valence electrons. The summed E-state index contributed by atoms with van der Waals surface area (Å²) in [6.07, 6.45) is -5.46. The van der Waals surface area contributed by atoms with E-state index in [0.29, 0.717) is 34.0 Å². The summed E-state index contributed by atoms with van der Waals surface area (Å²) in [6.45, 7) is 0.249. The average Bonchev–Trinajstić information content (AvgIpc) is 3.79. The van der Waals surface area contributed by atoms with Crippen molar-refractivity contribution in [3.63, 3.8) is 0 Å². The van der Waals surface area contributed by atoms with Gasteiger partial charge in [0.25, 0.3) is 0 Å². The van der Waals surface area contributed by atoms with Gasteiger partial charge in [0, 0.05) is 36.9 Å². The minimum atomic E-state index is -4.48. The fraction of sp³-hybridized carbons (Fsp3) is 0.118. The molecule has 5 aromatic rings. The van der Waals surface area contributed by atoms with E-state index in [2.05, 4.69) is 0 Å². The van der Waals surface area contributed by atoms with Crippen LogP contribution in [0.5, 0.6) is 17.2 Å². The highest BCUT2D eigenvalue weighted by Gasteiger charge is 2.45. The van der Waals surface area contributed by atoms with Crippen LogP contribution in [0, 0.1) is 5.82 Å². The summed E-state index contributed by atoms with van der Waals surface area (Å²) in [4.78, 5) is 1.98. The van der Waals surface area contributed by atoms with Crippen molar-refractivity contribution < 1.29 is 50.6 Å². The lowest BCUT2D eigenvalue weighted by molar-refractivity contribution is -0.137. The maximum absolute atomic E-state index is 14.6. The summed E-state index contributed by atoms with van der Waals surface area (Å²) >= 11 is 7.62. The van der Waals surface area contributed by atoms with E-state index in [1.54, 1.807) is 30.0 Å². The quantitative estimate of drug-likeness (QED) is 0.146. The number of rotatable bonds is 8. The molecule has 0 spiro atoms. The van der Waals surface area contributed by atoms with Crippen molar-refractivity contribution in [3.05, 3.63) is 130 Å². The van der Waals surface area contributed by atoms with Crippen molar-refractivity contribution in [2.75, 3.05) is 0 Å². The van der Waals surface area contributed by atoms with E-state index in [-0.39, 0.29) is 23.6 Å². The smallest absolute Gasteiger partial charge is 0.532 e. The van der Waals surface area contributed by atoms with Gasteiger partial charge in [-0.25, -0.2) is 4.39 Å². The summed E-state index contributed by atoms with van der Waals surface area (Å²) in [6, 6.07) is 25.5. The summed E-state index contributed by atoms with van der Waals surface area (Å²) in [7, 11) is -3.31. The lowest BCUT2D eigenvalue weighted by Crippen LogP contribution is -2.37. The van der Waals surface area contributed by atoms with E-state index < -0.39 is 45.2 Å². The summed E-state index contributed by atoms with van der Waals surface area (Å²) in [5.74, 6) is 0.0859. The van der Waals surface area contributed by atoms with Crippen LogP contribution in [0.25, 0.3) is 0 Å². The van der Waals surface area contributed by atoms with Crippen molar-refractivity contribution in [1.29, 1.82) is 0 Å². The average molecular weight is 718 g/mol. The number of halogens is 5. The van der Waals surface area contributed by atoms with Crippen LogP contribution in [-0.4, -0.2) is 26.4 Å². The van der Waals surface area contributed by atoms with Gasteiger partial charge in [0.05, 0.1) is 18.8 Å². The van der Waals surface area contributed by atoms with Crippen LogP contribution in [0.4, 0.5) is 17.6 Å². The number of alkyl halides is 3. The molecule has 3 heterocycles. The molecule has 5 aromatic carbocycles. The van der Waals surface area contributed by atoms with Crippen molar-refractivity contribution in [2.24, 2.45) is 0 Å². The Morgan fingerprint density at radius 3 is 2.34 bits per heavy atom. The minimum Gasteiger partial charge on any atom is -0.532 e. The normalized spacial score (nSPS) is 16.4. The Hall–Kier alpha value is -3.95. The molecule has 0 saturated carbocycles. The van der Waals surface area contributed by atoms with Crippen LogP contribution in [0.3, 0.4) is 0 Å². The predicted molar refractivity (Wildman–Crippen MR) is 180 cm³/mol. The molecule has 0 aromatic heterocycles. The fourth-order valence-electron chi connectivity index (χ4n) is 5.95. The molecular formula is C34H22B3ClF4O7S. The van der Waals surface area contributed by atoms with E-state index in [0.717, 1.165) is 32.9 Å². The van der Waals surface area contributed by atoms with Gasteiger partial charge in [0.1, 0.15) is 23.1 Å². The highest BCUT2D eigenvalue weighted by Crippen LogP contribution is 2.36. The Balaban J connectivity index is 1.08. The lowest BCUT2D eigenvalue weighted by Gasteiger charge is -2.18. The Morgan fingerprint density at radius 2 is 1.56 bits per heavy atom. The number of benzene rings is 5. The van der Waals surface area contributed by atoms with Gasteiger partial charge >= 0.3 is 27.5 Å². The van der Waals surface area contributed by atoms with E-state index in [1.165, 1.54) is 24.3 Å². The van der Waals surface area contributed by atoms with Crippen LogP contribution < -0.4 is 25.8 Å². The van der Waals surface area contributed by atoms with E-state index in [4.69, 9.17) is 39.6 Å². The van der Waals surface area contributed by atoms with Crippen LogP contribution in [-0.2, 0) is 38.0 Å². The molecule has 0 aliphatic carbocycles. The minimum absolute atomic E-state index is 0.0175. The molecule has 0 saturated heterocycles. The Labute approximate surface area is 293 Å². The zero-order chi connectivity index (χ0) is 34.6. The Kier molecular flexibility index (Phi) is 8.84. The Bertz CT molecular complexity index is 2070. The number of hydrogen-bond acceptors (Lipinski definition) is 8. The zero-order valence-corrected chi connectivity index (χ0v) is 27.2. The predicted octanol–water partition coefficient (Wildman–Crippen LogP) is 6.40. The zero-order valence-electron chi connectivity index (χ0n) is 25.7. The highest BCUT2D eigenvalue weighted by molar-refractivity contribution is 7.99. The van der Waals surface area contributed by atoms with Gasteiger partial charge < -0.3 is 33.0 Å². The van der Waals surface area contributed by atoms with Gasteiger partial charge in [-0.15, -0.1) is 0 Å². The van der Waals surface area contributed by atoms with E-state index in [1.807, 2.05) is 42.5 Å². The summed E-state index contributed by atoms with van der Waals surface area (Å²) in [5.41, 5.74) is 2.41. The SMILES string of the molecule is OB1OCc2c(OB3OC(OB4OCc5ccc(Sc6ccc(Cl)cc6)cc54)c4ccc(Oc5ccc(C(F)(F)F)cc5)cc43)ccc(F)c21. The van der Waals surface area contributed by atoms with Crippen LogP contribution >= 0.6 is 23.4 Å². The van der Waals surface area contributed by atoms with Gasteiger partial charge in [0.15, 0.2) is 6.29 Å². The third kappa shape index (κ3) is 6.62. The maximum Gasteiger partial charge on any atom is 0.565 e. The molecule has 1 unspecified atom stereocenters. The number of hydrogen-bond donors (Lipinski definition) is 1. The van der Waals surface area contributed by atoms with Crippen LogP contribution in [0.2, 0.25) is 5.02 Å². The second-order valence-electron chi connectivity index (χ2n) is 11.6. The molecule has 8 rings (SSSR count). The highest BCUT2D eigenvalue weighted by atomic mass is 35.5. The second kappa shape index (κ2) is 13.3. The number of fused-ring (bicyclic) bond motifs is 3. The second-order valence-corrected chi connectivity index (χ2v) is 13.2. The van der Waals surface area contributed by atoms with Gasteiger partial charge in [-0.1, -0.05) is 35.5 Å². The fourth-order valence-corrected chi connectivity index (χ4v) is 6.94. The summed E-state index contributed by atoms with van der Waals surface area (Å²) < 4.78 is 90.0. The third-order valence-electron chi connectivity index (χ3n) is 8.42. The molecule has 1 atom stereocenters. The molecule has 1 N–H and O–H groups in total. The molecular weight excluding hydrogens is 696 g/mol. The molecule has 16 heteroatoms. The molecule has 0 radical (unpaired) electrons. The lowest BCUT2D eigenvalue weighted by atomic mass is 9.77. The van der Waals surface area contributed by atoms with Gasteiger partial charge in [-0.05, 0) is 96.0 Å². The largest absolute Gasteiger partial charge is 0.565 e. The topological polar surface area (TPSA) is 75.6 Å². The first-order valence-corrected chi connectivity index (χ1v) is 16.5. The van der Waals surface area contributed by atoms with Gasteiger partial charge in [-0.2, -0.15) is 13.2 Å². The summed E-state index contributed by atoms with van der Waals surface area (Å²) in [5, 5.41) is 10.8. The van der Waals surface area contributed by atoms with Crippen LogP contribution in [0.15, 0.2) is 107 Å². The Morgan fingerprint density at radius 1 is 0.800 bits per heavy atom. The standard InChI is InChI=1S/C34H22B3ClF4O7S/c38-21-4-10-24(11-5-21)50-25-9-1-19-17-45-36(28(19)16-25)48-33-26-12-8-23(46-22-6-2-20(3-7-22)34(40,41)42)15-29(26)37(49-33)47-31-14-13-30(39)32-27(31)18-44-35(32)43/h1-16,33,43H,17-18H2.